The van der Waals surface area contributed by atoms with Gasteiger partial charge in [0.05, 0.1) is 5.69 Å². The average Bonchev–Trinajstić information content (AvgIpc) is 2.18. The quantitative estimate of drug-likeness (QED) is 0.735. The molecule has 0 saturated heterocycles. The number of carbonyl (C=O) groups is 2. The van der Waals surface area contributed by atoms with Crippen LogP contribution < -0.4 is 5.32 Å². The molecular formula is C10H9NO3S. The summed E-state index contributed by atoms with van der Waals surface area (Å²) in [5.74, 6) is -0.754. The summed E-state index contributed by atoms with van der Waals surface area (Å²) < 4.78 is 4.87. The van der Waals surface area contributed by atoms with Gasteiger partial charge in [-0.2, -0.15) is 0 Å². The fourth-order valence-corrected chi connectivity index (χ4v) is 2.24. The summed E-state index contributed by atoms with van der Waals surface area (Å²) in [6.07, 6.45) is 0. The van der Waals surface area contributed by atoms with Crippen molar-refractivity contribution in [3.63, 3.8) is 0 Å². The number of carbonyl (C=O) groups excluding carboxylic acids is 2. The van der Waals surface area contributed by atoms with E-state index in [0.29, 0.717) is 0 Å². The Bertz CT molecular complexity index is 419. The van der Waals surface area contributed by atoms with E-state index in [1.165, 1.54) is 18.7 Å². The third-order valence-corrected chi connectivity index (χ3v) is 3.00. The number of hydrogen-bond acceptors (Lipinski definition) is 4. The van der Waals surface area contributed by atoms with Gasteiger partial charge in [0.2, 0.25) is 5.44 Å². The number of rotatable bonds is 1. The zero-order valence-corrected chi connectivity index (χ0v) is 8.84. The summed E-state index contributed by atoms with van der Waals surface area (Å²) in [5.41, 5.74) is -0.0201. The summed E-state index contributed by atoms with van der Waals surface area (Å²) in [5, 5.41) is 2.68. The lowest BCUT2D eigenvalue weighted by Crippen LogP contribution is -2.32. The second-order valence-electron chi connectivity index (χ2n) is 3.04. The molecule has 1 aliphatic rings. The molecule has 0 radical (unpaired) electrons. The van der Waals surface area contributed by atoms with Crippen molar-refractivity contribution < 1.29 is 14.3 Å². The van der Waals surface area contributed by atoms with Gasteiger partial charge < -0.3 is 10.1 Å². The minimum atomic E-state index is -0.780. The molecule has 1 aliphatic heterocycles. The Morgan fingerprint density at radius 2 is 2.20 bits per heavy atom. The van der Waals surface area contributed by atoms with Gasteiger partial charge in [0.15, 0.2) is 0 Å². The fourth-order valence-electron chi connectivity index (χ4n) is 1.26. The number of anilines is 1. The number of hydrogen-bond donors (Lipinski definition) is 1. The number of nitrogens with one attached hydrogen (secondary N) is 1. The van der Waals surface area contributed by atoms with Crippen LogP contribution in [0.4, 0.5) is 5.69 Å². The van der Waals surface area contributed by atoms with E-state index >= 15 is 0 Å². The van der Waals surface area contributed by atoms with Crippen molar-refractivity contribution in [3.8, 4) is 0 Å². The van der Waals surface area contributed by atoms with Crippen molar-refractivity contribution in [2.75, 3.05) is 5.32 Å². The van der Waals surface area contributed by atoms with Gasteiger partial charge in [0, 0.05) is 11.8 Å². The van der Waals surface area contributed by atoms with Gasteiger partial charge in [-0.15, -0.1) is 0 Å². The highest BCUT2D eigenvalue weighted by Crippen LogP contribution is 2.35. The molecule has 1 heterocycles. The smallest absolute Gasteiger partial charge is 0.304 e. The number of benzene rings is 1. The molecule has 0 spiro atoms. The molecule has 5 heteroatoms. The topological polar surface area (TPSA) is 55.4 Å². The molecule has 0 aromatic heterocycles. The molecular weight excluding hydrogens is 214 g/mol. The highest BCUT2D eigenvalue weighted by Gasteiger charge is 2.28. The summed E-state index contributed by atoms with van der Waals surface area (Å²) in [4.78, 5) is 23.1. The van der Waals surface area contributed by atoms with E-state index < -0.39 is 11.4 Å². The molecule has 78 valence electrons. The molecule has 0 bridgehead atoms. The number of fused-ring (bicyclic) bond motifs is 1. The highest BCUT2D eigenvalue weighted by molar-refractivity contribution is 8.00. The molecule has 0 saturated carbocycles. The lowest BCUT2D eigenvalue weighted by atomic mass is 10.3. The van der Waals surface area contributed by atoms with E-state index in [-0.39, 0.29) is 5.91 Å². The molecule has 15 heavy (non-hydrogen) atoms. The molecule has 0 fully saturated rings. The first-order chi connectivity index (χ1) is 7.16. The van der Waals surface area contributed by atoms with Crippen molar-refractivity contribution >= 4 is 29.3 Å². The molecule has 1 aromatic carbocycles. The minimum Gasteiger partial charge on any atom is -0.441 e. The van der Waals surface area contributed by atoms with Crippen LogP contribution in [0.25, 0.3) is 0 Å². The van der Waals surface area contributed by atoms with Crippen LogP contribution >= 0.6 is 11.8 Å². The van der Waals surface area contributed by atoms with E-state index in [1.807, 2.05) is 24.3 Å². The highest BCUT2D eigenvalue weighted by atomic mass is 32.2. The molecule has 1 atom stereocenters. The molecule has 1 N–H and O–H groups in total. The maximum absolute atomic E-state index is 11.5. The van der Waals surface area contributed by atoms with Crippen LogP contribution in [0.1, 0.15) is 6.92 Å². The van der Waals surface area contributed by atoms with Crippen LogP contribution in [-0.2, 0) is 14.3 Å². The predicted molar refractivity (Wildman–Crippen MR) is 56.5 cm³/mol. The van der Waals surface area contributed by atoms with Crippen molar-refractivity contribution in [1.82, 2.24) is 0 Å². The van der Waals surface area contributed by atoms with Crippen molar-refractivity contribution in [3.05, 3.63) is 24.3 Å². The molecule has 1 amide bonds. The Hall–Kier alpha value is -1.49. The maximum Gasteiger partial charge on any atom is 0.304 e. The van der Waals surface area contributed by atoms with Crippen LogP contribution in [0.5, 0.6) is 0 Å². The zero-order valence-electron chi connectivity index (χ0n) is 8.02. The van der Waals surface area contributed by atoms with Gasteiger partial charge in [-0.3, -0.25) is 9.59 Å². The number of para-hydroxylation sites is 1. The Morgan fingerprint density at radius 3 is 2.93 bits per heavy atom. The fraction of sp³-hybridized carbons (Fsp3) is 0.200. The number of ether oxygens (including phenoxy) is 1. The summed E-state index contributed by atoms with van der Waals surface area (Å²) >= 11 is 1.24. The minimum absolute atomic E-state index is 0.297. The van der Waals surface area contributed by atoms with Crippen molar-refractivity contribution in [2.24, 2.45) is 0 Å². The van der Waals surface area contributed by atoms with Crippen molar-refractivity contribution in [2.45, 2.75) is 17.3 Å². The monoisotopic (exact) mass is 223 g/mol. The second kappa shape index (κ2) is 3.94. The van der Waals surface area contributed by atoms with Crippen LogP contribution in [0.2, 0.25) is 0 Å². The zero-order chi connectivity index (χ0) is 10.8. The molecule has 0 unspecified atom stereocenters. The third kappa shape index (κ3) is 2.12. The molecule has 4 nitrogen and oxygen atoms in total. The Balaban J connectivity index is 2.22. The number of thioether (sulfide) groups is 1. The van der Waals surface area contributed by atoms with E-state index in [9.17, 15) is 9.59 Å². The molecule has 0 aliphatic carbocycles. The lowest BCUT2D eigenvalue weighted by Gasteiger charge is -2.23. The SMILES string of the molecule is CC(=O)O[C@H]1Sc2ccccc2NC1=O. The Morgan fingerprint density at radius 1 is 1.47 bits per heavy atom. The average molecular weight is 223 g/mol. The third-order valence-electron chi connectivity index (χ3n) is 1.87. The lowest BCUT2D eigenvalue weighted by molar-refractivity contribution is -0.147. The summed E-state index contributed by atoms with van der Waals surface area (Å²) in [7, 11) is 0. The predicted octanol–water partition coefficient (Wildman–Crippen LogP) is 1.62. The summed E-state index contributed by atoms with van der Waals surface area (Å²) in [6, 6.07) is 7.39. The number of esters is 1. The van der Waals surface area contributed by atoms with E-state index in [4.69, 9.17) is 4.74 Å². The van der Waals surface area contributed by atoms with Crippen LogP contribution in [0.15, 0.2) is 29.2 Å². The maximum atomic E-state index is 11.5. The molecule has 2 rings (SSSR count). The van der Waals surface area contributed by atoms with Crippen LogP contribution in [0.3, 0.4) is 0 Å². The van der Waals surface area contributed by atoms with E-state index in [0.717, 1.165) is 10.6 Å². The van der Waals surface area contributed by atoms with Gasteiger partial charge in [0.25, 0.3) is 5.91 Å². The van der Waals surface area contributed by atoms with Crippen molar-refractivity contribution in [1.29, 1.82) is 0 Å². The first-order valence-electron chi connectivity index (χ1n) is 4.40. The van der Waals surface area contributed by atoms with Gasteiger partial charge in [-0.05, 0) is 12.1 Å². The second-order valence-corrected chi connectivity index (χ2v) is 4.15. The Kier molecular flexibility index (Phi) is 2.64. The first kappa shape index (κ1) is 10.0. The van der Waals surface area contributed by atoms with Crippen LogP contribution in [0, 0.1) is 0 Å². The molecule has 1 aromatic rings. The normalized spacial score (nSPS) is 19.0. The van der Waals surface area contributed by atoms with E-state index in [2.05, 4.69) is 5.32 Å². The largest absolute Gasteiger partial charge is 0.441 e. The first-order valence-corrected chi connectivity index (χ1v) is 5.28. The van der Waals surface area contributed by atoms with Gasteiger partial charge in [-0.1, -0.05) is 23.9 Å². The van der Waals surface area contributed by atoms with Gasteiger partial charge >= 0.3 is 5.97 Å². The number of amides is 1. The Labute approximate surface area is 91.0 Å². The summed E-state index contributed by atoms with van der Waals surface area (Å²) in [6.45, 7) is 1.29. The van der Waals surface area contributed by atoms with Crippen LogP contribution in [-0.4, -0.2) is 17.3 Å². The van der Waals surface area contributed by atoms with Gasteiger partial charge in [-0.25, -0.2) is 0 Å². The van der Waals surface area contributed by atoms with E-state index in [1.54, 1.807) is 0 Å². The standard InChI is InChI=1S/C10H9NO3S/c1-6(12)14-10-9(13)11-7-4-2-3-5-8(7)15-10/h2-5,10H,1H3,(H,11,13)/t10-/m0/s1. The van der Waals surface area contributed by atoms with Gasteiger partial charge in [0.1, 0.15) is 0 Å².